The molecule has 0 aliphatic carbocycles. The number of ether oxygens (including phenoxy) is 2. The number of aromatic nitrogens is 2. The van der Waals surface area contributed by atoms with Crippen LogP contribution in [-0.4, -0.2) is 39.8 Å². The van der Waals surface area contributed by atoms with E-state index in [0.29, 0.717) is 11.4 Å². The number of imidazole rings is 1. The third kappa shape index (κ3) is 4.01. The topological polar surface area (TPSA) is 56.6 Å². The highest BCUT2D eigenvalue weighted by Gasteiger charge is 2.35. The first-order valence-corrected chi connectivity index (χ1v) is 8.30. The minimum Gasteiger partial charge on any atom is -0.491 e. The maximum absolute atomic E-state index is 12.7. The first-order chi connectivity index (χ1) is 12.5. The summed E-state index contributed by atoms with van der Waals surface area (Å²) in [5.74, 6) is 0.509. The van der Waals surface area contributed by atoms with E-state index in [-0.39, 0.29) is 12.6 Å². The van der Waals surface area contributed by atoms with E-state index in [1.165, 1.54) is 9.47 Å². The largest absolute Gasteiger partial charge is 0.491 e. The molecular weight excluding hydrogens is 363 g/mol. The van der Waals surface area contributed by atoms with Gasteiger partial charge in [-0.2, -0.15) is 13.2 Å². The fourth-order valence-corrected chi connectivity index (χ4v) is 2.73. The van der Waals surface area contributed by atoms with Crippen molar-refractivity contribution < 1.29 is 27.4 Å². The number of carbonyl (C=O) groups excluding carboxylic acids is 1. The standard InChI is InChI=1S/C18H20F3N3O3/c1-17(2,3)27-16(25)23(4)13-9-26-14-7-11(5-6-12(13)14)24-8-15(22-10-24)18(19,20)21/h5-8,10,13H,9H2,1-4H3/t13-/m1/s1. The minimum absolute atomic E-state index is 0.242. The second-order valence-corrected chi connectivity index (χ2v) is 7.30. The second kappa shape index (κ2) is 6.47. The number of carbonyl (C=O) groups is 1. The molecule has 1 aromatic heterocycles. The molecule has 6 nitrogen and oxygen atoms in total. The molecule has 0 saturated heterocycles. The van der Waals surface area contributed by atoms with Gasteiger partial charge in [0.2, 0.25) is 0 Å². The third-order valence-electron chi connectivity index (χ3n) is 4.07. The molecule has 0 fully saturated rings. The lowest BCUT2D eigenvalue weighted by Crippen LogP contribution is -2.37. The predicted octanol–water partition coefficient (Wildman–Crippen LogP) is 4.19. The van der Waals surface area contributed by atoms with Gasteiger partial charge in [0.1, 0.15) is 18.0 Å². The number of hydrogen-bond acceptors (Lipinski definition) is 4. The lowest BCUT2D eigenvalue weighted by Gasteiger charge is -2.28. The van der Waals surface area contributed by atoms with Crippen LogP contribution in [0.5, 0.6) is 5.75 Å². The van der Waals surface area contributed by atoms with Crippen LogP contribution in [0.15, 0.2) is 30.7 Å². The zero-order valence-corrected chi connectivity index (χ0v) is 15.4. The summed E-state index contributed by atoms with van der Waals surface area (Å²) in [5.41, 5.74) is -0.332. The number of fused-ring (bicyclic) bond motifs is 1. The minimum atomic E-state index is -4.50. The molecule has 27 heavy (non-hydrogen) atoms. The maximum atomic E-state index is 12.7. The van der Waals surface area contributed by atoms with E-state index in [4.69, 9.17) is 9.47 Å². The summed E-state index contributed by atoms with van der Waals surface area (Å²) >= 11 is 0. The van der Waals surface area contributed by atoms with Crippen molar-refractivity contribution in [1.82, 2.24) is 14.5 Å². The summed E-state index contributed by atoms with van der Waals surface area (Å²) in [4.78, 5) is 17.1. The zero-order valence-electron chi connectivity index (χ0n) is 15.4. The van der Waals surface area contributed by atoms with Crippen molar-refractivity contribution in [3.05, 3.63) is 42.0 Å². The van der Waals surface area contributed by atoms with Crippen LogP contribution < -0.4 is 4.74 Å². The summed E-state index contributed by atoms with van der Waals surface area (Å²) in [6, 6.07) is 4.68. The van der Waals surface area contributed by atoms with Crippen molar-refractivity contribution in [1.29, 1.82) is 0 Å². The van der Waals surface area contributed by atoms with E-state index in [2.05, 4.69) is 4.98 Å². The fraction of sp³-hybridized carbons (Fsp3) is 0.444. The Balaban J connectivity index is 1.81. The number of rotatable bonds is 2. The molecule has 2 heterocycles. The quantitative estimate of drug-likeness (QED) is 0.780. The van der Waals surface area contributed by atoms with Crippen molar-refractivity contribution in [3.8, 4) is 11.4 Å². The average molecular weight is 383 g/mol. The lowest BCUT2D eigenvalue weighted by molar-refractivity contribution is -0.140. The van der Waals surface area contributed by atoms with Gasteiger partial charge in [-0.3, -0.25) is 0 Å². The molecule has 0 bridgehead atoms. The van der Waals surface area contributed by atoms with Crippen LogP contribution in [-0.2, 0) is 10.9 Å². The van der Waals surface area contributed by atoms with Crippen LogP contribution >= 0.6 is 0 Å². The van der Waals surface area contributed by atoms with Gasteiger partial charge in [-0.1, -0.05) is 6.07 Å². The van der Waals surface area contributed by atoms with E-state index in [9.17, 15) is 18.0 Å². The van der Waals surface area contributed by atoms with Crippen LogP contribution in [0.1, 0.15) is 38.1 Å². The van der Waals surface area contributed by atoms with Crippen molar-refractivity contribution in [3.63, 3.8) is 0 Å². The number of nitrogens with zero attached hydrogens (tertiary/aromatic N) is 3. The van der Waals surface area contributed by atoms with Crippen LogP contribution in [0.4, 0.5) is 18.0 Å². The fourth-order valence-electron chi connectivity index (χ4n) is 2.73. The van der Waals surface area contributed by atoms with E-state index in [0.717, 1.165) is 18.1 Å². The van der Waals surface area contributed by atoms with E-state index >= 15 is 0 Å². The van der Waals surface area contributed by atoms with Gasteiger partial charge in [0.05, 0.1) is 18.1 Å². The summed E-state index contributed by atoms with van der Waals surface area (Å²) < 4.78 is 50.4. The van der Waals surface area contributed by atoms with Crippen LogP contribution in [0.2, 0.25) is 0 Å². The monoisotopic (exact) mass is 383 g/mol. The van der Waals surface area contributed by atoms with Crippen LogP contribution in [0, 0.1) is 0 Å². The predicted molar refractivity (Wildman–Crippen MR) is 90.8 cm³/mol. The first kappa shape index (κ1) is 19.1. The first-order valence-electron chi connectivity index (χ1n) is 8.30. The van der Waals surface area contributed by atoms with Gasteiger partial charge < -0.3 is 18.9 Å². The van der Waals surface area contributed by atoms with Gasteiger partial charge in [0.25, 0.3) is 0 Å². The second-order valence-electron chi connectivity index (χ2n) is 7.30. The third-order valence-corrected chi connectivity index (χ3v) is 4.07. The Labute approximate surface area is 154 Å². The van der Waals surface area contributed by atoms with E-state index < -0.39 is 23.6 Å². The number of hydrogen-bond donors (Lipinski definition) is 0. The number of benzene rings is 1. The maximum Gasteiger partial charge on any atom is 0.434 e. The Morgan fingerprint density at radius 2 is 2.04 bits per heavy atom. The van der Waals surface area contributed by atoms with Crippen molar-refractivity contribution >= 4 is 6.09 Å². The molecule has 0 saturated carbocycles. The van der Waals surface area contributed by atoms with Crippen molar-refractivity contribution in [2.75, 3.05) is 13.7 Å². The molecule has 0 unspecified atom stereocenters. The highest BCUT2D eigenvalue weighted by Crippen LogP contribution is 2.38. The van der Waals surface area contributed by atoms with Crippen LogP contribution in [0.25, 0.3) is 5.69 Å². The number of likely N-dealkylation sites (N-methyl/N-ethyl adjacent to an activating group) is 1. The summed E-state index contributed by atoms with van der Waals surface area (Å²) in [7, 11) is 1.62. The van der Waals surface area contributed by atoms with Gasteiger partial charge in [-0.15, -0.1) is 0 Å². The molecule has 0 N–H and O–H groups in total. The van der Waals surface area contributed by atoms with Gasteiger partial charge in [0.15, 0.2) is 5.69 Å². The Morgan fingerprint density at radius 1 is 1.33 bits per heavy atom. The molecule has 2 aromatic rings. The molecule has 0 radical (unpaired) electrons. The number of alkyl halides is 3. The van der Waals surface area contributed by atoms with E-state index in [1.54, 1.807) is 46.0 Å². The average Bonchev–Trinajstić information content (AvgIpc) is 3.18. The molecule has 9 heteroatoms. The molecule has 1 amide bonds. The molecule has 146 valence electrons. The molecule has 1 aliphatic rings. The zero-order chi connectivity index (χ0) is 20.0. The Kier molecular flexibility index (Phi) is 4.57. The normalized spacial score (nSPS) is 16.6. The smallest absolute Gasteiger partial charge is 0.434 e. The molecular formula is C18H20F3N3O3. The summed E-state index contributed by atoms with van der Waals surface area (Å²) in [6.07, 6.45) is -2.96. The number of halogens is 3. The summed E-state index contributed by atoms with van der Waals surface area (Å²) in [6.45, 7) is 5.59. The molecule has 0 spiro atoms. The summed E-state index contributed by atoms with van der Waals surface area (Å²) in [5, 5.41) is 0. The SMILES string of the molecule is CN(C(=O)OC(C)(C)C)[C@@H]1COc2cc(-n3cnc(C(F)(F)F)c3)ccc21. The number of amides is 1. The highest BCUT2D eigenvalue weighted by molar-refractivity contribution is 5.69. The molecule has 1 aliphatic heterocycles. The van der Waals surface area contributed by atoms with Gasteiger partial charge in [0, 0.05) is 24.9 Å². The molecule has 1 atom stereocenters. The van der Waals surface area contributed by atoms with Gasteiger partial charge in [-0.05, 0) is 26.8 Å². The Hall–Kier alpha value is -2.71. The Bertz CT molecular complexity index is 856. The molecule has 3 rings (SSSR count). The van der Waals surface area contributed by atoms with E-state index in [1.807, 2.05) is 0 Å². The highest BCUT2D eigenvalue weighted by atomic mass is 19.4. The van der Waals surface area contributed by atoms with Gasteiger partial charge in [-0.25, -0.2) is 9.78 Å². The van der Waals surface area contributed by atoms with Gasteiger partial charge >= 0.3 is 12.3 Å². The Morgan fingerprint density at radius 3 is 2.63 bits per heavy atom. The lowest BCUT2D eigenvalue weighted by atomic mass is 10.1. The van der Waals surface area contributed by atoms with Crippen molar-refractivity contribution in [2.45, 2.75) is 38.6 Å². The molecule has 1 aromatic carbocycles. The van der Waals surface area contributed by atoms with Crippen LogP contribution in [0.3, 0.4) is 0 Å². The van der Waals surface area contributed by atoms with Crippen molar-refractivity contribution in [2.24, 2.45) is 0 Å².